The molecule has 2 rings (SSSR count). The van der Waals surface area contributed by atoms with Gasteiger partial charge in [-0.25, -0.2) is 4.79 Å². The molecule has 4 atom stereocenters. The summed E-state index contributed by atoms with van der Waals surface area (Å²) in [6.45, 7) is 15.3. The number of benzene rings is 1. The second-order valence-corrected chi connectivity index (χ2v) is 13.4. The summed E-state index contributed by atoms with van der Waals surface area (Å²) in [6, 6.07) is 8.48. The van der Waals surface area contributed by atoms with E-state index in [1.165, 1.54) is 6.92 Å². The van der Waals surface area contributed by atoms with Gasteiger partial charge in [0.1, 0.15) is 12.1 Å². The number of rotatable bonds is 8. The highest BCUT2D eigenvalue weighted by molar-refractivity contribution is 8.01. The molecule has 1 saturated heterocycles. The zero-order valence-corrected chi connectivity index (χ0v) is 24.1. The first kappa shape index (κ1) is 29.9. The molecule has 1 aliphatic rings. The Morgan fingerprint density at radius 1 is 1.17 bits per heavy atom. The summed E-state index contributed by atoms with van der Waals surface area (Å²) in [6.07, 6.45) is 1.61. The molecule has 1 aliphatic heterocycles. The number of hydrogen-bond acceptors (Lipinski definition) is 5. The van der Waals surface area contributed by atoms with Gasteiger partial charge in [-0.2, -0.15) is 0 Å². The van der Waals surface area contributed by atoms with E-state index in [9.17, 15) is 19.5 Å². The maximum Gasteiger partial charge on any atom is 0.331 e. The van der Waals surface area contributed by atoms with Crippen molar-refractivity contribution in [2.24, 2.45) is 11.3 Å². The number of thioether (sulfide) groups is 1. The zero-order chi connectivity index (χ0) is 27.6. The maximum atomic E-state index is 13.8. The third-order valence-corrected chi connectivity index (χ3v) is 8.48. The first-order valence-corrected chi connectivity index (χ1v) is 13.3. The third kappa shape index (κ3) is 6.71. The molecular formula is C28H43N3O4S. The lowest BCUT2D eigenvalue weighted by atomic mass is 9.84. The lowest BCUT2D eigenvalue weighted by Crippen LogP contribution is -2.60. The van der Waals surface area contributed by atoms with Crippen molar-refractivity contribution in [1.82, 2.24) is 15.1 Å². The molecule has 200 valence electrons. The molecule has 1 aromatic rings. The zero-order valence-electron chi connectivity index (χ0n) is 23.3. The Morgan fingerprint density at radius 3 is 2.19 bits per heavy atom. The molecule has 0 radical (unpaired) electrons. The van der Waals surface area contributed by atoms with Crippen LogP contribution in [-0.4, -0.2) is 69.7 Å². The van der Waals surface area contributed by atoms with Gasteiger partial charge < -0.3 is 15.3 Å². The second kappa shape index (κ2) is 11.4. The van der Waals surface area contributed by atoms with Crippen molar-refractivity contribution in [2.45, 2.75) is 83.6 Å². The summed E-state index contributed by atoms with van der Waals surface area (Å²) >= 11 is 1.74. The number of carboxylic acid groups (broad SMARTS) is 1. The molecule has 36 heavy (non-hydrogen) atoms. The van der Waals surface area contributed by atoms with E-state index in [1.807, 2.05) is 59.9 Å². The highest BCUT2D eigenvalue weighted by atomic mass is 32.2. The van der Waals surface area contributed by atoms with Crippen LogP contribution in [0.2, 0.25) is 0 Å². The van der Waals surface area contributed by atoms with Crippen molar-refractivity contribution in [3.8, 4) is 0 Å². The lowest BCUT2D eigenvalue weighted by molar-refractivity contribution is -0.141. The van der Waals surface area contributed by atoms with Gasteiger partial charge in [0, 0.05) is 17.4 Å². The number of carbonyl (C=O) groups excluding carboxylic acids is 2. The molecule has 8 heteroatoms. The number of amides is 2. The van der Waals surface area contributed by atoms with Gasteiger partial charge in [-0.15, -0.1) is 11.8 Å². The predicted molar refractivity (Wildman–Crippen MR) is 147 cm³/mol. The van der Waals surface area contributed by atoms with Crippen LogP contribution < -0.4 is 5.32 Å². The van der Waals surface area contributed by atoms with E-state index in [1.54, 1.807) is 29.8 Å². The van der Waals surface area contributed by atoms with Crippen LogP contribution in [0.15, 0.2) is 42.0 Å². The second-order valence-electron chi connectivity index (χ2n) is 11.7. The summed E-state index contributed by atoms with van der Waals surface area (Å²) in [4.78, 5) is 42.6. The van der Waals surface area contributed by atoms with E-state index in [0.717, 1.165) is 5.56 Å². The minimum atomic E-state index is -1.01. The number of nitrogens with zero attached hydrogens (tertiary/aromatic N) is 2. The Labute approximate surface area is 220 Å². The van der Waals surface area contributed by atoms with Gasteiger partial charge >= 0.3 is 5.97 Å². The van der Waals surface area contributed by atoms with Crippen LogP contribution >= 0.6 is 11.8 Å². The first-order valence-electron chi connectivity index (χ1n) is 12.4. The Morgan fingerprint density at radius 2 is 1.72 bits per heavy atom. The molecule has 0 aromatic heterocycles. The van der Waals surface area contributed by atoms with E-state index < -0.39 is 29.5 Å². The van der Waals surface area contributed by atoms with Gasteiger partial charge in [0.05, 0.1) is 11.4 Å². The van der Waals surface area contributed by atoms with Crippen molar-refractivity contribution in [3.63, 3.8) is 0 Å². The smallest absolute Gasteiger partial charge is 0.331 e. The first-order chi connectivity index (χ1) is 16.5. The Bertz CT molecular complexity index is 984. The number of aliphatic carboxylic acids is 1. The fourth-order valence-corrected chi connectivity index (χ4v) is 6.34. The number of nitrogens with one attached hydrogen (secondary N) is 1. The molecule has 1 heterocycles. The average molecular weight is 518 g/mol. The van der Waals surface area contributed by atoms with E-state index in [0.29, 0.717) is 0 Å². The van der Waals surface area contributed by atoms with Gasteiger partial charge in [0.15, 0.2) is 0 Å². The van der Waals surface area contributed by atoms with Crippen molar-refractivity contribution in [2.75, 3.05) is 14.1 Å². The van der Waals surface area contributed by atoms with Crippen LogP contribution in [0.3, 0.4) is 0 Å². The predicted octanol–water partition coefficient (Wildman–Crippen LogP) is 4.56. The van der Waals surface area contributed by atoms with Gasteiger partial charge in [0.25, 0.3) is 0 Å². The van der Waals surface area contributed by atoms with Gasteiger partial charge in [0.2, 0.25) is 11.8 Å². The molecule has 2 amide bonds. The lowest BCUT2D eigenvalue weighted by Gasteiger charge is -2.39. The molecule has 0 aliphatic carbocycles. The fourth-order valence-electron chi connectivity index (χ4n) is 4.78. The minimum Gasteiger partial charge on any atom is -0.478 e. The Kier molecular flexibility index (Phi) is 9.46. The van der Waals surface area contributed by atoms with Gasteiger partial charge in [-0.05, 0) is 44.7 Å². The average Bonchev–Trinajstić information content (AvgIpc) is 3.02. The molecule has 1 fully saturated rings. The highest BCUT2D eigenvalue weighted by Crippen LogP contribution is 2.51. The normalized spacial score (nSPS) is 22.2. The van der Waals surface area contributed by atoms with Crippen molar-refractivity contribution in [3.05, 3.63) is 47.5 Å². The summed E-state index contributed by atoms with van der Waals surface area (Å²) < 4.78 is -0.376. The number of likely N-dealkylation sites (N-methyl/N-ethyl adjacent to an activating group) is 2. The molecular weight excluding hydrogens is 474 g/mol. The summed E-state index contributed by atoms with van der Waals surface area (Å²) in [5.41, 5.74) is 0.765. The molecule has 1 aromatic carbocycles. The van der Waals surface area contributed by atoms with Crippen molar-refractivity contribution in [1.29, 1.82) is 0 Å². The van der Waals surface area contributed by atoms with E-state index >= 15 is 0 Å². The van der Waals surface area contributed by atoms with Crippen LogP contribution in [0.4, 0.5) is 0 Å². The monoisotopic (exact) mass is 517 g/mol. The molecule has 0 saturated carbocycles. The number of carboxylic acids is 1. The Balaban J connectivity index is 2.34. The van der Waals surface area contributed by atoms with E-state index in [4.69, 9.17) is 0 Å². The standard InChI is InChI=1S/C28H43N3O4S/c1-17(2)20(16-18(3)26(34)35)30(9)24(33)21(27(4,5)6)29-23(32)22-28(7,8)36-25(31(22)10)19-14-12-11-13-15-19/h11-17,20-22,25H,1-10H3,(H,29,32)(H,34,35)/t20-,21-,22-,25-/m1/s1. The van der Waals surface area contributed by atoms with Gasteiger partial charge in [-0.1, -0.05) is 71.0 Å². The third-order valence-electron chi connectivity index (χ3n) is 6.82. The summed E-state index contributed by atoms with van der Waals surface area (Å²) in [7, 11) is 3.63. The fraction of sp³-hybridized carbons (Fsp3) is 0.607. The van der Waals surface area contributed by atoms with Crippen LogP contribution in [0, 0.1) is 11.3 Å². The van der Waals surface area contributed by atoms with Crippen LogP contribution in [0.5, 0.6) is 0 Å². The SMILES string of the molecule is CC(=C[C@H](C(C)C)N(C)C(=O)[C@@H](NC(=O)[C@H]1N(C)[C@@H](c2ccccc2)SC1(C)C)C(C)(C)C)C(=O)O. The maximum absolute atomic E-state index is 13.8. The number of hydrogen-bond donors (Lipinski definition) is 2. The minimum absolute atomic E-state index is 0.00695. The quantitative estimate of drug-likeness (QED) is 0.492. The summed E-state index contributed by atoms with van der Waals surface area (Å²) in [5, 5.41) is 12.5. The van der Waals surface area contributed by atoms with Crippen molar-refractivity contribution < 1.29 is 19.5 Å². The van der Waals surface area contributed by atoms with Crippen molar-refractivity contribution >= 4 is 29.5 Å². The van der Waals surface area contributed by atoms with Crippen LogP contribution in [-0.2, 0) is 14.4 Å². The van der Waals surface area contributed by atoms with E-state index in [2.05, 4.69) is 36.2 Å². The molecule has 7 nitrogen and oxygen atoms in total. The van der Waals surface area contributed by atoms with Crippen LogP contribution in [0.25, 0.3) is 0 Å². The molecule has 0 bridgehead atoms. The number of carbonyl (C=O) groups is 3. The Hall–Kier alpha value is -2.32. The summed E-state index contributed by atoms with van der Waals surface area (Å²) in [5.74, 6) is -1.45. The molecule has 0 unspecified atom stereocenters. The molecule has 2 N–H and O–H groups in total. The topological polar surface area (TPSA) is 90.0 Å². The largest absolute Gasteiger partial charge is 0.478 e. The van der Waals surface area contributed by atoms with Crippen LogP contribution in [0.1, 0.15) is 66.3 Å². The highest BCUT2D eigenvalue weighted by Gasteiger charge is 2.51. The van der Waals surface area contributed by atoms with Gasteiger partial charge in [-0.3, -0.25) is 14.5 Å². The van der Waals surface area contributed by atoms with E-state index in [-0.39, 0.29) is 33.4 Å². The molecule has 0 spiro atoms.